The van der Waals surface area contributed by atoms with Gasteiger partial charge in [0, 0.05) is 25.6 Å². The fraction of sp³-hybridized carbons (Fsp3) is 0.333. The molecule has 1 aliphatic heterocycles. The second-order valence-corrected chi connectivity index (χ2v) is 8.32. The van der Waals surface area contributed by atoms with Crippen LogP contribution in [0.5, 0.6) is 0 Å². The predicted octanol–water partition coefficient (Wildman–Crippen LogP) is 4.90. The van der Waals surface area contributed by atoms with Crippen molar-refractivity contribution in [1.29, 1.82) is 0 Å². The Kier molecular flexibility index (Phi) is 6.70. The first-order chi connectivity index (χ1) is 16.1. The van der Waals surface area contributed by atoms with E-state index in [9.17, 15) is 22.0 Å². The first-order valence-corrected chi connectivity index (χ1v) is 10.8. The Morgan fingerprint density at radius 3 is 2.53 bits per heavy atom. The molecule has 1 aromatic heterocycles. The number of carboxylic acids is 1. The van der Waals surface area contributed by atoms with E-state index in [1.54, 1.807) is 24.3 Å². The topological polar surface area (TPSA) is 69.2 Å². The summed E-state index contributed by atoms with van der Waals surface area (Å²) in [6.07, 6.45) is -1.26. The summed E-state index contributed by atoms with van der Waals surface area (Å²) in [6.45, 7) is 1.72. The van der Waals surface area contributed by atoms with Crippen molar-refractivity contribution in [2.24, 2.45) is 0 Å². The minimum Gasteiger partial charge on any atom is -0.475 e. The predicted molar refractivity (Wildman–Crippen MR) is 114 cm³/mol. The molecule has 5 nitrogen and oxygen atoms in total. The van der Waals surface area contributed by atoms with E-state index in [2.05, 4.69) is 14.9 Å². The van der Waals surface area contributed by atoms with Crippen LogP contribution in [-0.2, 0) is 30.6 Å². The van der Waals surface area contributed by atoms with Crippen LogP contribution in [0.3, 0.4) is 0 Å². The van der Waals surface area contributed by atoms with Gasteiger partial charge in [-0.05, 0) is 54.7 Å². The highest BCUT2D eigenvalue weighted by Crippen LogP contribution is 2.30. The van der Waals surface area contributed by atoms with Crippen molar-refractivity contribution in [2.45, 2.75) is 44.4 Å². The van der Waals surface area contributed by atoms with Gasteiger partial charge < -0.3 is 10.1 Å². The van der Waals surface area contributed by atoms with E-state index in [0.29, 0.717) is 17.4 Å². The van der Waals surface area contributed by atoms with Gasteiger partial charge in [0.15, 0.2) is 0 Å². The first-order valence-electron chi connectivity index (χ1n) is 10.8. The van der Waals surface area contributed by atoms with E-state index in [1.807, 2.05) is 12.1 Å². The molecule has 0 amide bonds. The molecular formula is C24H22F5N3O2. The number of carbonyl (C=O) groups is 1. The van der Waals surface area contributed by atoms with Crippen LogP contribution in [0.25, 0.3) is 11.4 Å². The molecule has 0 bridgehead atoms. The van der Waals surface area contributed by atoms with Gasteiger partial charge in [-0.2, -0.15) is 13.2 Å². The summed E-state index contributed by atoms with van der Waals surface area (Å²) >= 11 is 0. The monoisotopic (exact) mass is 479 g/mol. The lowest BCUT2D eigenvalue weighted by atomic mass is 9.87. The van der Waals surface area contributed by atoms with Crippen LogP contribution in [0, 0.1) is 11.6 Å². The number of H-pyrrole nitrogens is 1. The molecule has 1 unspecified atom stereocenters. The van der Waals surface area contributed by atoms with Crippen LogP contribution in [0.1, 0.15) is 28.9 Å². The number of imidazole rings is 1. The summed E-state index contributed by atoms with van der Waals surface area (Å²) < 4.78 is 59.4. The van der Waals surface area contributed by atoms with E-state index in [0.717, 1.165) is 55.7 Å². The molecule has 180 valence electrons. The minimum atomic E-state index is -5.08. The smallest absolute Gasteiger partial charge is 0.475 e. The molecule has 2 N–H and O–H groups in total. The van der Waals surface area contributed by atoms with Gasteiger partial charge in [-0.15, -0.1) is 0 Å². The first kappa shape index (κ1) is 23.9. The van der Waals surface area contributed by atoms with Crippen molar-refractivity contribution in [3.63, 3.8) is 0 Å². The van der Waals surface area contributed by atoms with Crippen molar-refractivity contribution >= 4 is 5.97 Å². The van der Waals surface area contributed by atoms with Gasteiger partial charge in [0.2, 0.25) is 0 Å². The summed E-state index contributed by atoms with van der Waals surface area (Å²) in [5, 5.41) is 7.12. The second-order valence-electron chi connectivity index (χ2n) is 8.32. The maximum Gasteiger partial charge on any atom is 0.490 e. The number of rotatable bonds is 2. The van der Waals surface area contributed by atoms with Crippen LogP contribution in [0.15, 0.2) is 42.5 Å². The summed E-state index contributed by atoms with van der Waals surface area (Å²) in [5.74, 6) is -2.56. The van der Waals surface area contributed by atoms with E-state index in [-0.39, 0.29) is 11.6 Å². The van der Waals surface area contributed by atoms with Crippen LogP contribution < -0.4 is 0 Å². The van der Waals surface area contributed by atoms with Gasteiger partial charge in [0.25, 0.3) is 0 Å². The molecule has 2 aromatic carbocycles. The van der Waals surface area contributed by atoms with Crippen molar-refractivity contribution in [1.82, 2.24) is 14.9 Å². The van der Waals surface area contributed by atoms with Gasteiger partial charge in [-0.3, -0.25) is 4.90 Å². The van der Waals surface area contributed by atoms with Crippen molar-refractivity contribution in [3.8, 4) is 11.4 Å². The van der Waals surface area contributed by atoms with Crippen LogP contribution in [0.2, 0.25) is 0 Å². The molecule has 10 heteroatoms. The number of hydrogen-bond acceptors (Lipinski definition) is 3. The zero-order valence-electron chi connectivity index (χ0n) is 18.0. The Hall–Kier alpha value is -3.27. The zero-order chi connectivity index (χ0) is 24.5. The highest BCUT2D eigenvalue weighted by atomic mass is 19.4. The lowest BCUT2D eigenvalue weighted by Crippen LogP contribution is -2.42. The van der Waals surface area contributed by atoms with Gasteiger partial charge in [0.1, 0.15) is 17.5 Å². The molecule has 1 atom stereocenters. The number of alkyl halides is 3. The van der Waals surface area contributed by atoms with Crippen molar-refractivity contribution in [2.75, 3.05) is 6.54 Å². The number of aryl methyl sites for hydroxylation is 1. The Morgan fingerprint density at radius 1 is 1.09 bits per heavy atom. The minimum absolute atomic E-state index is 0.154. The van der Waals surface area contributed by atoms with Gasteiger partial charge >= 0.3 is 12.1 Å². The molecular weight excluding hydrogens is 457 g/mol. The van der Waals surface area contributed by atoms with Gasteiger partial charge in [-0.1, -0.05) is 18.2 Å². The molecule has 1 aliphatic carbocycles. The molecule has 0 saturated carbocycles. The standard InChI is InChI=1S/C22H21F2N3.C2HF3O2/c23-16-7-5-14-6-8-17(12-15(14)11-16)27-10-9-20-21(13-27)26-22(25-20)18-3-1-2-4-19(18)24;3-2(4,5)1(6)7/h1-5,7,11,17H,6,8-10,12-13H2,(H,25,26);(H,6,7). The lowest BCUT2D eigenvalue weighted by Gasteiger charge is -2.37. The normalized spacial score (nSPS) is 17.9. The average Bonchev–Trinajstić information content (AvgIpc) is 3.21. The quantitative estimate of drug-likeness (QED) is 0.513. The summed E-state index contributed by atoms with van der Waals surface area (Å²) in [7, 11) is 0. The molecule has 0 fully saturated rings. The number of aliphatic carboxylic acids is 1. The maximum atomic E-state index is 14.1. The third kappa shape index (κ3) is 5.27. The molecule has 2 heterocycles. The Morgan fingerprint density at radius 2 is 1.82 bits per heavy atom. The van der Waals surface area contributed by atoms with Crippen LogP contribution in [0.4, 0.5) is 22.0 Å². The Bertz CT molecular complexity index is 1190. The number of benzene rings is 2. The number of aromatic nitrogens is 2. The van der Waals surface area contributed by atoms with Crippen LogP contribution >= 0.6 is 0 Å². The maximum absolute atomic E-state index is 14.1. The number of nitrogens with one attached hydrogen (secondary N) is 1. The molecule has 0 saturated heterocycles. The molecule has 0 spiro atoms. The van der Waals surface area contributed by atoms with Gasteiger partial charge in [-0.25, -0.2) is 18.6 Å². The van der Waals surface area contributed by atoms with Gasteiger partial charge in [0.05, 0.1) is 17.0 Å². The number of halogens is 5. The number of hydrogen-bond donors (Lipinski definition) is 2. The second kappa shape index (κ2) is 9.54. The third-order valence-corrected chi connectivity index (χ3v) is 6.12. The summed E-state index contributed by atoms with van der Waals surface area (Å²) in [4.78, 5) is 19.3. The van der Waals surface area contributed by atoms with Crippen LogP contribution in [-0.4, -0.2) is 44.7 Å². The molecule has 34 heavy (non-hydrogen) atoms. The Labute approximate surface area is 192 Å². The van der Waals surface area contributed by atoms with Crippen molar-refractivity contribution in [3.05, 3.63) is 76.6 Å². The van der Waals surface area contributed by atoms with Crippen molar-refractivity contribution < 1.29 is 31.9 Å². The molecule has 3 aromatic rings. The largest absolute Gasteiger partial charge is 0.490 e. The highest BCUT2D eigenvalue weighted by molar-refractivity contribution is 5.73. The fourth-order valence-corrected chi connectivity index (χ4v) is 4.43. The summed E-state index contributed by atoms with van der Waals surface area (Å²) in [6, 6.07) is 12.3. The van der Waals surface area contributed by atoms with E-state index >= 15 is 0 Å². The lowest BCUT2D eigenvalue weighted by molar-refractivity contribution is -0.192. The van der Waals surface area contributed by atoms with E-state index in [4.69, 9.17) is 9.90 Å². The SMILES string of the molecule is Fc1ccc2c(c1)CC(N1CCc3nc(-c4ccccc4F)[nH]c3C1)CC2.O=C(O)C(F)(F)F. The number of carboxylic acid groups (broad SMARTS) is 1. The van der Waals surface area contributed by atoms with E-state index < -0.39 is 12.1 Å². The summed E-state index contributed by atoms with van der Waals surface area (Å²) in [5.41, 5.74) is 5.03. The molecule has 5 rings (SSSR count). The number of nitrogens with zero attached hydrogens (tertiary/aromatic N) is 2. The van der Waals surface area contributed by atoms with E-state index in [1.165, 1.54) is 11.6 Å². The highest BCUT2D eigenvalue weighted by Gasteiger charge is 2.38. The average molecular weight is 479 g/mol. The fourth-order valence-electron chi connectivity index (χ4n) is 4.43. The number of aromatic amines is 1. The number of fused-ring (bicyclic) bond motifs is 2. The molecule has 2 aliphatic rings. The Balaban J connectivity index is 0.000000344. The zero-order valence-corrected chi connectivity index (χ0v) is 18.0. The molecule has 0 radical (unpaired) electrons. The third-order valence-electron chi connectivity index (χ3n) is 6.12.